The lowest BCUT2D eigenvalue weighted by atomic mass is 9.71. The lowest BCUT2D eigenvalue weighted by molar-refractivity contribution is -0.139. The molecule has 1 aromatic heterocycles. The van der Waals surface area contributed by atoms with Crippen molar-refractivity contribution in [3.8, 4) is 5.75 Å². The normalized spacial score (nSPS) is 15.5. The molecule has 0 spiro atoms. The van der Waals surface area contributed by atoms with E-state index in [-0.39, 0.29) is 12.3 Å². The van der Waals surface area contributed by atoms with Crippen LogP contribution in [0.2, 0.25) is 0 Å². The van der Waals surface area contributed by atoms with Gasteiger partial charge in [0.1, 0.15) is 6.61 Å². The molecule has 1 fully saturated rings. The molecule has 0 radical (unpaired) electrons. The highest BCUT2D eigenvalue weighted by Crippen LogP contribution is 2.40. The number of carbonyl (C=O) groups excluding carboxylic acids is 2. The number of pyridine rings is 1. The second-order valence-electron chi connectivity index (χ2n) is 7.13. The van der Waals surface area contributed by atoms with Gasteiger partial charge in [-0.3, -0.25) is 14.8 Å². The average Bonchev–Trinajstić information content (AvgIpc) is 2.74. The molecule has 1 saturated carbocycles. The molecule has 3 N–H and O–H groups in total. The van der Waals surface area contributed by atoms with Gasteiger partial charge in [0.05, 0.1) is 5.41 Å². The van der Waals surface area contributed by atoms with Gasteiger partial charge in [0, 0.05) is 12.6 Å². The molecule has 1 aliphatic carbocycles. The molecule has 0 atom stereocenters. The molecule has 28 heavy (non-hydrogen) atoms. The Morgan fingerprint density at radius 1 is 1.07 bits per heavy atom. The molecular weight excluding hydrogens is 358 g/mol. The zero-order chi connectivity index (χ0) is 19.8. The number of ether oxygens (including phenoxy) is 1. The molecule has 1 heterocycles. The highest BCUT2D eigenvalue weighted by Gasteiger charge is 2.41. The number of anilines is 1. The molecule has 3 rings (SSSR count). The number of rotatable bonds is 7. The Morgan fingerprint density at radius 3 is 2.54 bits per heavy atom. The van der Waals surface area contributed by atoms with E-state index in [4.69, 9.17) is 9.94 Å². The van der Waals surface area contributed by atoms with Crippen LogP contribution in [0.3, 0.4) is 0 Å². The molecule has 2 amide bonds. The number of carbonyl (C=O) groups is 2. The van der Waals surface area contributed by atoms with Crippen LogP contribution in [0.15, 0.2) is 48.7 Å². The highest BCUT2D eigenvalue weighted by molar-refractivity contribution is 5.98. The van der Waals surface area contributed by atoms with Crippen LogP contribution >= 0.6 is 0 Å². The van der Waals surface area contributed by atoms with Crippen molar-refractivity contribution in [3.05, 3.63) is 54.2 Å². The smallest absolute Gasteiger partial charge is 0.244 e. The molecule has 2 aromatic rings. The van der Waals surface area contributed by atoms with Crippen molar-refractivity contribution < 1.29 is 19.5 Å². The number of nitrogens with one attached hydrogen (secondary N) is 2. The van der Waals surface area contributed by atoms with Crippen LogP contribution in [-0.4, -0.2) is 22.0 Å². The van der Waals surface area contributed by atoms with E-state index in [2.05, 4.69) is 10.3 Å². The van der Waals surface area contributed by atoms with Crippen LogP contribution in [0.5, 0.6) is 5.75 Å². The van der Waals surface area contributed by atoms with E-state index in [1.165, 1.54) is 0 Å². The first-order valence-corrected chi connectivity index (χ1v) is 9.49. The summed E-state index contributed by atoms with van der Waals surface area (Å²) in [6.07, 6.45) is 5.49. The van der Waals surface area contributed by atoms with Gasteiger partial charge in [-0.15, -0.1) is 0 Å². The van der Waals surface area contributed by atoms with Crippen LogP contribution in [0, 0.1) is 5.41 Å². The summed E-state index contributed by atoms with van der Waals surface area (Å²) in [6, 6.07) is 13.2. The third-order valence-electron chi connectivity index (χ3n) is 5.16. The summed E-state index contributed by atoms with van der Waals surface area (Å²) in [5.41, 5.74) is 1.80. The topological polar surface area (TPSA) is 101 Å². The van der Waals surface area contributed by atoms with Crippen molar-refractivity contribution in [2.75, 3.05) is 5.32 Å². The van der Waals surface area contributed by atoms with Gasteiger partial charge in [0.25, 0.3) is 0 Å². The minimum absolute atomic E-state index is 0.0532. The summed E-state index contributed by atoms with van der Waals surface area (Å²) in [4.78, 5) is 29.1. The quantitative estimate of drug-likeness (QED) is 0.502. The fraction of sp³-hybridized carbons (Fsp3) is 0.381. The minimum atomic E-state index is -0.848. The third kappa shape index (κ3) is 4.86. The van der Waals surface area contributed by atoms with Crippen LogP contribution in [-0.2, 0) is 16.2 Å². The molecule has 7 heteroatoms. The van der Waals surface area contributed by atoms with E-state index in [9.17, 15) is 9.59 Å². The van der Waals surface area contributed by atoms with Gasteiger partial charge < -0.3 is 10.1 Å². The monoisotopic (exact) mass is 383 g/mol. The Labute approximate surface area is 164 Å². The van der Waals surface area contributed by atoms with Crippen LogP contribution in [0.1, 0.15) is 44.1 Å². The van der Waals surface area contributed by atoms with Crippen molar-refractivity contribution in [3.63, 3.8) is 0 Å². The second kappa shape index (κ2) is 9.32. The molecule has 1 aliphatic rings. The van der Waals surface area contributed by atoms with Gasteiger partial charge in [0.15, 0.2) is 11.6 Å². The van der Waals surface area contributed by atoms with Gasteiger partial charge in [-0.05, 0) is 30.5 Å². The zero-order valence-corrected chi connectivity index (χ0v) is 15.7. The maximum absolute atomic E-state index is 13.1. The molecule has 0 aliphatic heterocycles. The van der Waals surface area contributed by atoms with Crippen LogP contribution < -0.4 is 15.5 Å². The number of amides is 2. The van der Waals surface area contributed by atoms with Crippen molar-refractivity contribution in [1.82, 2.24) is 10.5 Å². The van der Waals surface area contributed by atoms with Crippen molar-refractivity contribution in [1.29, 1.82) is 0 Å². The molecule has 0 unspecified atom stereocenters. The Morgan fingerprint density at radius 2 is 1.82 bits per heavy atom. The van der Waals surface area contributed by atoms with Gasteiger partial charge in [-0.2, -0.15) is 0 Å². The van der Waals surface area contributed by atoms with Gasteiger partial charge in [-0.1, -0.05) is 49.6 Å². The first-order valence-electron chi connectivity index (χ1n) is 9.49. The van der Waals surface area contributed by atoms with E-state index in [1.54, 1.807) is 23.8 Å². The summed E-state index contributed by atoms with van der Waals surface area (Å²) in [6.45, 7) is 0.355. The molecule has 0 saturated heterocycles. The predicted octanol–water partition coefficient (Wildman–Crippen LogP) is 3.45. The first-order chi connectivity index (χ1) is 13.6. The van der Waals surface area contributed by atoms with Gasteiger partial charge in [-0.25, -0.2) is 10.5 Å². The van der Waals surface area contributed by atoms with E-state index in [0.717, 1.165) is 24.8 Å². The Balaban J connectivity index is 1.74. The van der Waals surface area contributed by atoms with Crippen molar-refractivity contribution in [2.24, 2.45) is 5.41 Å². The van der Waals surface area contributed by atoms with Crippen molar-refractivity contribution in [2.45, 2.75) is 45.1 Å². The summed E-state index contributed by atoms with van der Waals surface area (Å²) >= 11 is 0. The number of aromatic nitrogens is 1. The maximum atomic E-state index is 13.1. The molecular formula is C21H25N3O4. The summed E-state index contributed by atoms with van der Waals surface area (Å²) in [7, 11) is 0. The molecule has 7 nitrogen and oxygen atoms in total. The lowest BCUT2D eigenvalue weighted by Gasteiger charge is -2.35. The fourth-order valence-corrected chi connectivity index (χ4v) is 3.64. The lowest BCUT2D eigenvalue weighted by Crippen LogP contribution is -2.42. The molecule has 1 aromatic carbocycles. The largest absolute Gasteiger partial charge is 0.485 e. The second-order valence-corrected chi connectivity index (χ2v) is 7.13. The highest BCUT2D eigenvalue weighted by atomic mass is 16.5. The summed E-state index contributed by atoms with van der Waals surface area (Å²) in [5.74, 6) is -0.0206. The Bertz CT molecular complexity index is 804. The van der Waals surface area contributed by atoms with Crippen LogP contribution in [0.4, 0.5) is 5.82 Å². The number of hydroxylamine groups is 1. The number of benzene rings is 1. The van der Waals surface area contributed by atoms with Crippen molar-refractivity contribution >= 4 is 17.6 Å². The summed E-state index contributed by atoms with van der Waals surface area (Å²) < 4.78 is 5.85. The standard InChI is InChI=1S/C21H25N3O4/c25-18(24-27)14-21(11-5-2-6-12-21)20(26)23-19-17(10-7-13-22-19)28-15-16-8-3-1-4-9-16/h1,3-4,7-10,13,27H,2,5-6,11-12,14-15H2,(H,24,25)(H,22,23,26). The fourth-order valence-electron chi connectivity index (χ4n) is 3.64. The third-order valence-corrected chi connectivity index (χ3v) is 5.16. The van der Waals surface area contributed by atoms with Crippen LogP contribution in [0.25, 0.3) is 0 Å². The number of nitrogens with zero attached hydrogens (tertiary/aromatic N) is 1. The first kappa shape index (κ1) is 19.8. The molecule has 148 valence electrons. The average molecular weight is 383 g/mol. The Hall–Kier alpha value is -2.93. The predicted molar refractivity (Wildman–Crippen MR) is 104 cm³/mol. The summed E-state index contributed by atoms with van der Waals surface area (Å²) in [5, 5.41) is 11.8. The van der Waals surface area contributed by atoms with Gasteiger partial charge in [0.2, 0.25) is 11.8 Å². The zero-order valence-electron chi connectivity index (χ0n) is 15.7. The Kier molecular flexibility index (Phi) is 6.60. The number of hydrogen-bond acceptors (Lipinski definition) is 5. The number of hydrogen-bond donors (Lipinski definition) is 3. The van der Waals surface area contributed by atoms with E-state index >= 15 is 0 Å². The van der Waals surface area contributed by atoms with E-state index in [0.29, 0.717) is 31.0 Å². The maximum Gasteiger partial charge on any atom is 0.244 e. The minimum Gasteiger partial charge on any atom is -0.485 e. The SMILES string of the molecule is O=C(CC1(C(=O)Nc2ncccc2OCc2ccccc2)CCCCC1)NO. The molecule has 0 bridgehead atoms. The van der Waals surface area contributed by atoms with Gasteiger partial charge >= 0.3 is 0 Å². The van der Waals surface area contributed by atoms with E-state index < -0.39 is 11.3 Å². The van der Waals surface area contributed by atoms with E-state index in [1.807, 2.05) is 30.3 Å².